The second-order valence-electron chi connectivity index (χ2n) is 4.69. The lowest BCUT2D eigenvalue weighted by Crippen LogP contribution is -2.39. The van der Waals surface area contributed by atoms with Crippen molar-refractivity contribution in [3.05, 3.63) is 24.3 Å². The number of nitrogens with zero attached hydrogens (tertiary/aromatic N) is 1. The highest BCUT2D eigenvalue weighted by Gasteiger charge is 2.26. The van der Waals surface area contributed by atoms with Gasteiger partial charge < -0.3 is 15.6 Å². The van der Waals surface area contributed by atoms with Gasteiger partial charge in [0.1, 0.15) is 6.54 Å². The van der Waals surface area contributed by atoms with Crippen molar-refractivity contribution in [2.75, 3.05) is 28.9 Å². The van der Waals surface area contributed by atoms with E-state index in [4.69, 9.17) is 15.6 Å². The Balaban J connectivity index is 3.02. The maximum absolute atomic E-state index is 12.3. The van der Waals surface area contributed by atoms with E-state index in [1.165, 1.54) is 12.1 Å². The molecule has 1 aromatic rings. The fourth-order valence-electron chi connectivity index (χ4n) is 1.67. The summed E-state index contributed by atoms with van der Waals surface area (Å²) in [5.74, 6) is -1.57. The number of benzene rings is 1. The van der Waals surface area contributed by atoms with Gasteiger partial charge in [0.05, 0.1) is 29.8 Å². The number of hydrogen-bond donors (Lipinski definition) is 2. The maximum Gasteiger partial charge on any atom is 0.324 e. The number of carboxylic acids is 1. The van der Waals surface area contributed by atoms with Crippen molar-refractivity contribution in [1.29, 1.82) is 0 Å². The monoisotopic (exact) mass is 316 g/mol. The Bertz CT molecular complexity index is 586. The molecule has 0 saturated carbocycles. The SMILES string of the molecule is CC(C)OCCS(=O)(=O)N(CC(=O)O)c1ccccc1N. The molecule has 21 heavy (non-hydrogen) atoms. The van der Waals surface area contributed by atoms with Gasteiger partial charge in [-0.25, -0.2) is 8.42 Å². The summed E-state index contributed by atoms with van der Waals surface area (Å²) >= 11 is 0. The lowest BCUT2D eigenvalue weighted by molar-refractivity contribution is -0.135. The number of anilines is 2. The van der Waals surface area contributed by atoms with Crippen LogP contribution in [0.3, 0.4) is 0 Å². The van der Waals surface area contributed by atoms with Crippen molar-refractivity contribution >= 4 is 27.4 Å². The van der Waals surface area contributed by atoms with E-state index in [1.807, 2.05) is 0 Å². The number of ether oxygens (including phenoxy) is 1. The van der Waals surface area contributed by atoms with Gasteiger partial charge in [-0.05, 0) is 26.0 Å². The Morgan fingerprint density at radius 1 is 1.38 bits per heavy atom. The van der Waals surface area contributed by atoms with Crippen molar-refractivity contribution < 1.29 is 23.1 Å². The molecule has 0 unspecified atom stereocenters. The highest BCUT2D eigenvalue weighted by Crippen LogP contribution is 2.25. The van der Waals surface area contributed by atoms with Gasteiger partial charge in [-0.15, -0.1) is 0 Å². The average molecular weight is 316 g/mol. The van der Waals surface area contributed by atoms with Gasteiger partial charge in [0.2, 0.25) is 10.0 Å². The quantitative estimate of drug-likeness (QED) is 0.690. The van der Waals surface area contributed by atoms with Gasteiger partial charge in [0.15, 0.2) is 0 Å². The summed E-state index contributed by atoms with van der Waals surface area (Å²) in [5, 5.41) is 8.93. The molecule has 0 fully saturated rings. The zero-order valence-electron chi connectivity index (χ0n) is 12.0. The molecule has 7 nitrogen and oxygen atoms in total. The molecule has 8 heteroatoms. The van der Waals surface area contributed by atoms with Gasteiger partial charge in [-0.3, -0.25) is 9.10 Å². The predicted molar refractivity (Wildman–Crippen MR) is 80.7 cm³/mol. The van der Waals surface area contributed by atoms with Gasteiger partial charge in [0.25, 0.3) is 0 Å². The number of nitrogen functional groups attached to an aromatic ring is 1. The first-order valence-electron chi connectivity index (χ1n) is 6.42. The molecule has 0 bridgehead atoms. The molecule has 1 aromatic carbocycles. The molecule has 0 aromatic heterocycles. The number of sulfonamides is 1. The summed E-state index contributed by atoms with van der Waals surface area (Å²) in [5.41, 5.74) is 6.10. The number of carbonyl (C=O) groups is 1. The van der Waals surface area contributed by atoms with E-state index in [0.29, 0.717) is 0 Å². The van der Waals surface area contributed by atoms with Crippen LogP contribution in [0.5, 0.6) is 0 Å². The molecule has 0 aliphatic carbocycles. The van der Waals surface area contributed by atoms with Crippen LogP contribution in [0.4, 0.5) is 11.4 Å². The van der Waals surface area contributed by atoms with E-state index < -0.39 is 22.5 Å². The lowest BCUT2D eigenvalue weighted by atomic mass is 10.3. The van der Waals surface area contributed by atoms with Crippen molar-refractivity contribution in [2.24, 2.45) is 0 Å². The van der Waals surface area contributed by atoms with E-state index in [2.05, 4.69) is 0 Å². The van der Waals surface area contributed by atoms with E-state index in [1.54, 1.807) is 26.0 Å². The smallest absolute Gasteiger partial charge is 0.324 e. The van der Waals surface area contributed by atoms with Crippen LogP contribution in [0.2, 0.25) is 0 Å². The lowest BCUT2D eigenvalue weighted by Gasteiger charge is -2.24. The summed E-state index contributed by atoms with van der Waals surface area (Å²) < 4.78 is 30.7. The molecule has 3 N–H and O–H groups in total. The molecule has 0 heterocycles. The number of para-hydroxylation sites is 2. The molecule has 118 valence electrons. The minimum atomic E-state index is -3.84. The number of hydrogen-bond acceptors (Lipinski definition) is 5. The molecule has 0 amide bonds. The largest absolute Gasteiger partial charge is 0.480 e. The molecule has 0 saturated heterocycles. The Hall–Kier alpha value is -1.80. The third-order valence-corrected chi connectivity index (χ3v) is 4.29. The van der Waals surface area contributed by atoms with E-state index in [-0.39, 0.29) is 29.8 Å². The first-order valence-corrected chi connectivity index (χ1v) is 8.03. The van der Waals surface area contributed by atoms with Crippen LogP contribution in [-0.4, -0.2) is 44.5 Å². The van der Waals surface area contributed by atoms with Crippen LogP contribution in [0.1, 0.15) is 13.8 Å². The van der Waals surface area contributed by atoms with Gasteiger partial charge in [-0.1, -0.05) is 12.1 Å². The zero-order chi connectivity index (χ0) is 16.0. The molecular formula is C13H20N2O5S. The first kappa shape index (κ1) is 17.3. The number of nitrogens with two attached hydrogens (primary N) is 1. The van der Waals surface area contributed by atoms with Gasteiger partial charge in [0, 0.05) is 0 Å². The minimum Gasteiger partial charge on any atom is -0.480 e. The zero-order valence-corrected chi connectivity index (χ0v) is 12.8. The molecule has 0 atom stereocenters. The van der Waals surface area contributed by atoms with E-state index in [0.717, 1.165) is 4.31 Å². The van der Waals surface area contributed by atoms with Crippen LogP contribution in [0.15, 0.2) is 24.3 Å². The third-order valence-electron chi connectivity index (χ3n) is 2.61. The fourth-order valence-corrected chi connectivity index (χ4v) is 2.97. The van der Waals surface area contributed by atoms with Crippen LogP contribution in [0, 0.1) is 0 Å². The highest BCUT2D eigenvalue weighted by molar-refractivity contribution is 7.92. The average Bonchev–Trinajstić information content (AvgIpc) is 2.36. The first-order chi connectivity index (χ1) is 9.74. The maximum atomic E-state index is 12.3. The summed E-state index contributed by atoms with van der Waals surface area (Å²) in [6, 6.07) is 6.23. The Morgan fingerprint density at radius 3 is 2.52 bits per heavy atom. The van der Waals surface area contributed by atoms with Crippen molar-refractivity contribution in [2.45, 2.75) is 20.0 Å². The molecule has 0 radical (unpaired) electrons. The summed E-state index contributed by atoms with van der Waals surface area (Å²) in [6.45, 7) is 2.88. The Labute approximate surface area is 124 Å². The molecule has 0 aliphatic heterocycles. The summed E-state index contributed by atoms with van der Waals surface area (Å²) in [7, 11) is -3.84. The van der Waals surface area contributed by atoms with Gasteiger partial charge in [-0.2, -0.15) is 0 Å². The number of aliphatic carboxylic acids is 1. The van der Waals surface area contributed by atoms with Crippen LogP contribution in [0.25, 0.3) is 0 Å². The molecule has 0 spiro atoms. The minimum absolute atomic E-state index is 0.0111. The second-order valence-corrected chi connectivity index (χ2v) is 6.71. The normalized spacial score (nSPS) is 11.6. The third kappa shape index (κ3) is 5.24. The van der Waals surface area contributed by atoms with Gasteiger partial charge >= 0.3 is 5.97 Å². The summed E-state index contributed by atoms with van der Waals surface area (Å²) in [4.78, 5) is 10.9. The fraction of sp³-hybridized carbons (Fsp3) is 0.462. The van der Waals surface area contributed by atoms with E-state index >= 15 is 0 Å². The Kier molecular flexibility index (Phi) is 5.98. The molecule has 0 aliphatic rings. The van der Waals surface area contributed by atoms with Crippen molar-refractivity contribution in [1.82, 2.24) is 0 Å². The van der Waals surface area contributed by atoms with Crippen LogP contribution in [-0.2, 0) is 19.6 Å². The van der Waals surface area contributed by atoms with E-state index in [9.17, 15) is 13.2 Å². The topological polar surface area (TPSA) is 110 Å². The van der Waals surface area contributed by atoms with Crippen LogP contribution < -0.4 is 10.0 Å². The number of carboxylic acid groups (broad SMARTS) is 1. The van der Waals surface area contributed by atoms with Crippen LogP contribution >= 0.6 is 0 Å². The Morgan fingerprint density at radius 2 is 2.00 bits per heavy atom. The number of rotatable bonds is 8. The highest BCUT2D eigenvalue weighted by atomic mass is 32.2. The summed E-state index contributed by atoms with van der Waals surface area (Å²) in [6.07, 6.45) is -0.102. The van der Waals surface area contributed by atoms with Crippen molar-refractivity contribution in [3.63, 3.8) is 0 Å². The van der Waals surface area contributed by atoms with Crippen molar-refractivity contribution in [3.8, 4) is 0 Å². The predicted octanol–water partition coefficient (Wildman–Crippen LogP) is 0.915. The molecular weight excluding hydrogens is 296 g/mol. The standard InChI is InChI=1S/C13H20N2O5S/c1-10(2)20-7-8-21(18,19)15(9-13(16)17)12-6-4-3-5-11(12)14/h3-6,10H,7-9,14H2,1-2H3,(H,16,17). The second kappa shape index (κ2) is 7.28. The molecule has 1 rings (SSSR count).